The van der Waals surface area contributed by atoms with E-state index in [1.165, 1.54) is 18.2 Å². The smallest absolute Gasteiger partial charge is 0.200 e. The van der Waals surface area contributed by atoms with Crippen LogP contribution in [0.25, 0.3) is 5.57 Å². The molecule has 0 unspecified atom stereocenters. The van der Waals surface area contributed by atoms with Gasteiger partial charge in [-0.2, -0.15) is 0 Å². The van der Waals surface area contributed by atoms with Crippen LogP contribution in [-0.4, -0.2) is 33.0 Å². The second kappa shape index (κ2) is 4.74. The molecule has 1 fully saturated rings. The lowest BCUT2D eigenvalue weighted by atomic mass is 10.0. The molecule has 102 valence electrons. The molecule has 1 aromatic carbocycles. The van der Waals surface area contributed by atoms with E-state index in [1.54, 1.807) is 12.1 Å². The van der Waals surface area contributed by atoms with Crippen molar-refractivity contribution in [1.82, 2.24) is 4.90 Å². The standard InChI is InChI=1S/C14H18N2O2S/c15-8-11-4-3-5-13-14(11)12(10-19(13,17)18)9-16-6-1-2-7-16/h3-5,10H,1-2,6-9,15H2. The molecule has 0 aliphatic carbocycles. The monoisotopic (exact) mass is 278 g/mol. The van der Waals surface area contributed by atoms with Gasteiger partial charge in [0.15, 0.2) is 0 Å². The predicted octanol–water partition coefficient (Wildman–Crippen LogP) is 1.37. The number of hydrogen-bond acceptors (Lipinski definition) is 4. The molecule has 2 aliphatic rings. The van der Waals surface area contributed by atoms with Crippen LogP contribution in [0, 0.1) is 0 Å². The quantitative estimate of drug-likeness (QED) is 0.907. The lowest BCUT2D eigenvalue weighted by Crippen LogP contribution is -2.21. The van der Waals surface area contributed by atoms with Crippen molar-refractivity contribution < 1.29 is 8.42 Å². The Hall–Kier alpha value is -1.17. The summed E-state index contributed by atoms with van der Waals surface area (Å²) in [5, 5.41) is 1.43. The first-order valence-corrected chi connectivity index (χ1v) is 8.17. The fourth-order valence-corrected chi connectivity index (χ4v) is 4.46. The fraction of sp³-hybridized carbons (Fsp3) is 0.429. The third-order valence-electron chi connectivity index (χ3n) is 3.85. The molecule has 1 aromatic rings. The van der Waals surface area contributed by atoms with Crippen LogP contribution in [0.4, 0.5) is 0 Å². The number of benzene rings is 1. The van der Waals surface area contributed by atoms with Gasteiger partial charge in [0.05, 0.1) is 4.90 Å². The van der Waals surface area contributed by atoms with Gasteiger partial charge in [-0.1, -0.05) is 12.1 Å². The zero-order chi connectivity index (χ0) is 13.5. The second-order valence-electron chi connectivity index (χ2n) is 5.17. The van der Waals surface area contributed by atoms with Crippen LogP contribution >= 0.6 is 0 Å². The number of rotatable bonds is 3. The molecule has 0 radical (unpaired) electrons. The molecule has 2 N–H and O–H groups in total. The van der Waals surface area contributed by atoms with Gasteiger partial charge in [0.2, 0.25) is 9.84 Å². The molecule has 0 bridgehead atoms. The van der Waals surface area contributed by atoms with E-state index in [0.717, 1.165) is 29.8 Å². The first kappa shape index (κ1) is 12.8. The van der Waals surface area contributed by atoms with E-state index in [2.05, 4.69) is 4.90 Å². The van der Waals surface area contributed by atoms with Gasteiger partial charge in [-0.15, -0.1) is 0 Å². The van der Waals surface area contributed by atoms with Crippen molar-refractivity contribution in [1.29, 1.82) is 0 Å². The Kier molecular flexibility index (Phi) is 3.20. The van der Waals surface area contributed by atoms with Gasteiger partial charge in [0.25, 0.3) is 0 Å². The van der Waals surface area contributed by atoms with E-state index in [-0.39, 0.29) is 0 Å². The Labute approximate surface area is 113 Å². The van der Waals surface area contributed by atoms with Gasteiger partial charge in [-0.25, -0.2) is 8.42 Å². The summed E-state index contributed by atoms with van der Waals surface area (Å²) in [4.78, 5) is 2.73. The van der Waals surface area contributed by atoms with Crippen LogP contribution in [0.3, 0.4) is 0 Å². The molecule has 2 heterocycles. The molecule has 0 saturated carbocycles. The van der Waals surface area contributed by atoms with Gasteiger partial charge in [-0.05, 0) is 43.1 Å². The third-order valence-corrected chi connectivity index (χ3v) is 5.40. The SMILES string of the molecule is NCc1cccc2c1C(CN1CCCC1)=CS2(=O)=O. The summed E-state index contributed by atoms with van der Waals surface area (Å²) in [6.07, 6.45) is 2.40. The molecule has 19 heavy (non-hydrogen) atoms. The summed E-state index contributed by atoms with van der Waals surface area (Å²) in [5.74, 6) is 0. The molecule has 4 nitrogen and oxygen atoms in total. The van der Waals surface area contributed by atoms with Crippen molar-refractivity contribution in [3.8, 4) is 0 Å². The minimum Gasteiger partial charge on any atom is -0.326 e. The van der Waals surface area contributed by atoms with Gasteiger partial charge >= 0.3 is 0 Å². The van der Waals surface area contributed by atoms with Crippen molar-refractivity contribution in [2.24, 2.45) is 5.73 Å². The van der Waals surface area contributed by atoms with Crippen molar-refractivity contribution in [2.45, 2.75) is 24.3 Å². The minimum absolute atomic E-state index is 0.371. The van der Waals surface area contributed by atoms with Crippen molar-refractivity contribution >= 4 is 15.4 Å². The van der Waals surface area contributed by atoms with Gasteiger partial charge < -0.3 is 5.73 Å². The normalized spacial score (nSPS) is 21.4. The molecular weight excluding hydrogens is 260 g/mol. The Morgan fingerprint density at radius 1 is 1.21 bits per heavy atom. The third kappa shape index (κ3) is 2.22. The first-order chi connectivity index (χ1) is 9.12. The molecule has 0 atom stereocenters. The molecule has 0 spiro atoms. The van der Waals surface area contributed by atoms with E-state index >= 15 is 0 Å². The number of nitrogens with zero attached hydrogens (tertiary/aromatic N) is 1. The second-order valence-corrected chi connectivity index (χ2v) is 6.93. The summed E-state index contributed by atoms with van der Waals surface area (Å²) in [6.45, 7) is 3.19. The summed E-state index contributed by atoms with van der Waals surface area (Å²) in [6, 6.07) is 5.36. The van der Waals surface area contributed by atoms with Crippen LogP contribution in [0.2, 0.25) is 0 Å². The minimum atomic E-state index is -3.27. The van der Waals surface area contributed by atoms with E-state index in [9.17, 15) is 8.42 Å². The first-order valence-electron chi connectivity index (χ1n) is 6.62. The maximum atomic E-state index is 12.2. The van der Waals surface area contributed by atoms with Crippen LogP contribution < -0.4 is 5.73 Å². The van der Waals surface area contributed by atoms with Crippen LogP contribution in [0.5, 0.6) is 0 Å². The molecule has 2 aliphatic heterocycles. The molecule has 3 rings (SSSR count). The van der Waals surface area contributed by atoms with Crippen molar-refractivity contribution in [2.75, 3.05) is 19.6 Å². The summed E-state index contributed by atoms with van der Waals surface area (Å²) in [5.41, 5.74) is 8.41. The van der Waals surface area contributed by atoms with Crippen molar-refractivity contribution in [3.63, 3.8) is 0 Å². The summed E-state index contributed by atoms with van der Waals surface area (Å²) < 4.78 is 24.3. The largest absolute Gasteiger partial charge is 0.326 e. The van der Waals surface area contributed by atoms with E-state index in [4.69, 9.17) is 5.73 Å². The van der Waals surface area contributed by atoms with Crippen molar-refractivity contribution in [3.05, 3.63) is 34.7 Å². The van der Waals surface area contributed by atoms with Crippen LogP contribution in [0.15, 0.2) is 28.5 Å². The maximum Gasteiger partial charge on any atom is 0.200 e. The molecule has 5 heteroatoms. The average Bonchev–Trinajstić information content (AvgIpc) is 2.97. The number of nitrogens with two attached hydrogens (primary N) is 1. The summed E-state index contributed by atoms with van der Waals surface area (Å²) >= 11 is 0. The Morgan fingerprint density at radius 2 is 1.95 bits per heavy atom. The molecular formula is C14H18N2O2S. The van der Waals surface area contributed by atoms with E-state index in [0.29, 0.717) is 18.0 Å². The zero-order valence-corrected chi connectivity index (χ0v) is 11.6. The molecule has 0 amide bonds. The summed E-state index contributed by atoms with van der Waals surface area (Å²) in [7, 11) is -3.27. The number of likely N-dealkylation sites (tertiary alicyclic amines) is 1. The highest BCUT2D eigenvalue weighted by molar-refractivity contribution is 7.95. The number of fused-ring (bicyclic) bond motifs is 1. The highest BCUT2D eigenvalue weighted by Gasteiger charge is 2.29. The lowest BCUT2D eigenvalue weighted by Gasteiger charge is -2.17. The van der Waals surface area contributed by atoms with Gasteiger partial charge in [0, 0.05) is 24.1 Å². The van der Waals surface area contributed by atoms with Gasteiger partial charge in [0.1, 0.15) is 0 Å². The predicted molar refractivity (Wildman–Crippen MR) is 75.2 cm³/mol. The zero-order valence-electron chi connectivity index (χ0n) is 10.8. The van der Waals surface area contributed by atoms with E-state index in [1.807, 2.05) is 6.07 Å². The Morgan fingerprint density at radius 3 is 2.63 bits per heavy atom. The lowest BCUT2D eigenvalue weighted by molar-refractivity contribution is 0.383. The Balaban J connectivity index is 2.03. The Bertz CT molecular complexity index is 629. The average molecular weight is 278 g/mol. The fourth-order valence-electron chi connectivity index (χ4n) is 2.96. The number of sulfone groups is 1. The van der Waals surface area contributed by atoms with Crippen LogP contribution in [-0.2, 0) is 16.4 Å². The molecule has 1 saturated heterocycles. The number of hydrogen-bond donors (Lipinski definition) is 1. The van der Waals surface area contributed by atoms with Crippen LogP contribution in [0.1, 0.15) is 24.0 Å². The van der Waals surface area contributed by atoms with Gasteiger partial charge in [-0.3, -0.25) is 4.90 Å². The highest BCUT2D eigenvalue weighted by atomic mass is 32.2. The molecule has 0 aromatic heterocycles. The maximum absolute atomic E-state index is 12.2. The van der Waals surface area contributed by atoms with E-state index < -0.39 is 9.84 Å². The highest BCUT2D eigenvalue weighted by Crippen LogP contribution is 2.36. The topological polar surface area (TPSA) is 63.4 Å².